The Morgan fingerprint density at radius 3 is 2.06 bits per heavy atom. The molecule has 2 aromatic carbocycles. The first-order chi connectivity index (χ1) is 14.8. The van der Waals surface area contributed by atoms with Crippen molar-refractivity contribution in [3.05, 3.63) is 71.8 Å². The van der Waals surface area contributed by atoms with Crippen LogP contribution >= 0.6 is 0 Å². The molecule has 0 aliphatic rings. The second-order valence-corrected chi connectivity index (χ2v) is 7.93. The molecule has 8 nitrogen and oxygen atoms in total. The number of hydrogen-bond donors (Lipinski definition) is 5. The number of rotatable bonds is 11. The summed E-state index contributed by atoms with van der Waals surface area (Å²) >= 11 is 0. The maximum atomic E-state index is 12.8. The number of nitrogens with two attached hydrogens (primary N) is 1. The van der Waals surface area contributed by atoms with Crippen molar-refractivity contribution in [1.29, 1.82) is 0 Å². The zero-order valence-corrected chi connectivity index (χ0v) is 17.9. The van der Waals surface area contributed by atoms with E-state index in [9.17, 15) is 14.7 Å². The molecular weight excluding hydrogens is 396 g/mol. The molecule has 6 N–H and O–H groups in total. The number of carbonyl (C=O) groups excluding carboxylic acids is 1. The van der Waals surface area contributed by atoms with Gasteiger partial charge in [0.25, 0.3) is 5.91 Å². The molecule has 0 saturated heterocycles. The third-order valence-electron chi connectivity index (χ3n) is 4.93. The summed E-state index contributed by atoms with van der Waals surface area (Å²) in [6.45, 7) is 3.94. The first-order valence-electron chi connectivity index (χ1n) is 10.3. The molecular formula is C23H32N4O4. The summed E-state index contributed by atoms with van der Waals surface area (Å²) in [7, 11) is 0. The first-order valence-corrected chi connectivity index (χ1v) is 10.3. The number of nitrogens with zero attached hydrogens (tertiary/aromatic N) is 1. The lowest BCUT2D eigenvalue weighted by molar-refractivity contribution is -0.130. The van der Waals surface area contributed by atoms with Crippen molar-refractivity contribution in [2.75, 3.05) is 6.54 Å². The first kappa shape index (κ1) is 24.3. The Morgan fingerprint density at radius 2 is 1.55 bits per heavy atom. The van der Waals surface area contributed by atoms with Crippen LogP contribution in [0.2, 0.25) is 0 Å². The Balaban J connectivity index is 2.10. The molecule has 0 aliphatic carbocycles. The monoisotopic (exact) mass is 428 g/mol. The molecule has 0 aliphatic heterocycles. The van der Waals surface area contributed by atoms with Gasteiger partial charge in [-0.25, -0.2) is 9.80 Å². The van der Waals surface area contributed by atoms with Crippen LogP contribution in [0.5, 0.6) is 0 Å². The van der Waals surface area contributed by atoms with Crippen LogP contribution in [0.1, 0.15) is 25.0 Å². The van der Waals surface area contributed by atoms with E-state index in [0.29, 0.717) is 13.0 Å². The van der Waals surface area contributed by atoms with Crippen molar-refractivity contribution >= 4 is 12.0 Å². The average molecular weight is 429 g/mol. The minimum absolute atomic E-state index is 0.0898. The summed E-state index contributed by atoms with van der Waals surface area (Å²) in [6, 6.07) is 17.7. The van der Waals surface area contributed by atoms with E-state index < -0.39 is 30.2 Å². The van der Waals surface area contributed by atoms with E-state index in [2.05, 4.69) is 10.7 Å². The molecule has 2 aromatic rings. The van der Waals surface area contributed by atoms with Gasteiger partial charge in [0, 0.05) is 19.1 Å². The number of carboxylic acid groups (broad SMARTS) is 1. The van der Waals surface area contributed by atoms with Gasteiger partial charge in [-0.05, 0) is 23.5 Å². The Labute approximate surface area is 183 Å². The summed E-state index contributed by atoms with van der Waals surface area (Å²) in [6.07, 6.45) is -1.69. The molecule has 31 heavy (non-hydrogen) atoms. The van der Waals surface area contributed by atoms with Gasteiger partial charge >= 0.3 is 6.09 Å². The van der Waals surface area contributed by atoms with Gasteiger partial charge in [0.15, 0.2) is 0 Å². The van der Waals surface area contributed by atoms with Crippen molar-refractivity contribution in [1.82, 2.24) is 15.8 Å². The second kappa shape index (κ2) is 12.0. The van der Waals surface area contributed by atoms with Gasteiger partial charge in [-0.15, -0.1) is 0 Å². The number of benzene rings is 2. The number of aliphatic hydroxyl groups is 1. The van der Waals surface area contributed by atoms with Crippen LogP contribution in [0.4, 0.5) is 4.79 Å². The normalized spacial score (nSPS) is 14.1. The summed E-state index contributed by atoms with van der Waals surface area (Å²) in [5.41, 5.74) is 10.9. The molecule has 0 radical (unpaired) electrons. The zero-order valence-electron chi connectivity index (χ0n) is 17.9. The molecule has 0 aromatic heterocycles. The molecule has 0 unspecified atom stereocenters. The predicted octanol–water partition coefficient (Wildman–Crippen LogP) is 1.74. The van der Waals surface area contributed by atoms with E-state index in [1.807, 2.05) is 60.7 Å². The van der Waals surface area contributed by atoms with Crippen LogP contribution in [0.15, 0.2) is 60.7 Å². The van der Waals surface area contributed by atoms with Crippen molar-refractivity contribution < 1.29 is 19.8 Å². The van der Waals surface area contributed by atoms with Gasteiger partial charge in [0.2, 0.25) is 0 Å². The third-order valence-corrected chi connectivity index (χ3v) is 4.93. The molecule has 0 fully saturated rings. The largest absolute Gasteiger partial charge is 0.465 e. The lowest BCUT2D eigenvalue weighted by Crippen LogP contribution is -2.56. The highest BCUT2D eigenvalue weighted by Crippen LogP contribution is 2.09. The van der Waals surface area contributed by atoms with Crippen LogP contribution in [0.3, 0.4) is 0 Å². The molecule has 0 bridgehead atoms. The number of hydrogen-bond acceptors (Lipinski definition) is 5. The molecule has 0 heterocycles. The highest BCUT2D eigenvalue weighted by Gasteiger charge is 2.27. The maximum absolute atomic E-state index is 12.8. The van der Waals surface area contributed by atoms with E-state index >= 15 is 0 Å². The summed E-state index contributed by atoms with van der Waals surface area (Å²) in [5.74, 6) is -0.739. The molecule has 168 valence electrons. The topological polar surface area (TPSA) is 128 Å². The van der Waals surface area contributed by atoms with Crippen LogP contribution in [-0.4, -0.2) is 52.0 Å². The second-order valence-electron chi connectivity index (χ2n) is 7.93. The van der Waals surface area contributed by atoms with Gasteiger partial charge in [-0.3, -0.25) is 10.2 Å². The van der Waals surface area contributed by atoms with Crippen LogP contribution in [0.25, 0.3) is 0 Å². The quantitative estimate of drug-likeness (QED) is 0.347. The van der Waals surface area contributed by atoms with Crippen LogP contribution in [0, 0.1) is 5.92 Å². The minimum atomic E-state index is -1.27. The Hall–Kier alpha value is -2.94. The van der Waals surface area contributed by atoms with Crippen LogP contribution < -0.4 is 16.5 Å². The standard InChI is InChI=1S/C23H32N4O4/c1-16(2)21(25-23(30)31)22(29)26-27(14-18-11-7-4-8-12-18)15-20(28)19(24)13-17-9-5-3-6-10-17/h3-12,16,19-21,25,28H,13-15,24H2,1-2H3,(H,26,29)(H,30,31)/t19-,20-,21-/m0/s1. The SMILES string of the molecule is CC(C)[C@H](NC(=O)O)C(=O)NN(Cc1ccccc1)C[C@H](O)[C@@H](N)Cc1ccccc1. The number of amides is 2. The molecule has 2 rings (SSSR count). The molecule has 2 amide bonds. The lowest BCUT2D eigenvalue weighted by Gasteiger charge is -2.30. The number of aliphatic hydroxyl groups excluding tert-OH is 1. The fraction of sp³-hybridized carbons (Fsp3) is 0.391. The Bertz CT molecular complexity index is 817. The molecule has 3 atom stereocenters. The number of hydrazine groups is 1. The third kappa shape index (κ3) is 8.37. The number of nitrogens with one attached hydrogen (secondary N) is 2. The highest BCUT2D eigenvalue weighted by molar-refractivity contribution is 5.85. The van der Waals surface area contributed by atoms with Crippen molar-refractivity contribution in [3.8, 4) is 0 Å². The number of carbonyl (C=O) groups is 2. The van der Waals surface area contributed by atoms with E-state index in [1.54, 1.807) is 18.9 Å². The Morgan fingerprint density at radius 1 is 1.00 bits per heavy atom. The summed E-state index contributed by atoms with van der Waals surface area (Å²) < 4.78 is 0. The van der Waals surface area contributed by atoms with Gasteiger partial charge in [-0.1, -0.05) is 74.5 Å². The van der Waals surface area contributed by atoms with Crippen molar-refractivity contribution in [2.24, 2.45) is 11.7 Å². The summed E-state index contributed by atoms with van der Waals surface area (Å²) in [4.78, 5) is 23.8. The lowest BCUT2D eigenvalue weighted by atomic mass is 10.0. The highest BCUT2D eigenvalue weighted by atomic mass is 16.4. The smallest absolute Gasteiger partial charge is 0.405 e. The maximum Gasteiger partial charge on any atom is 0.405 e. The predicted molar refractivity (Wildman–Crippen MR) is 119 cm³/mol. The Kier molecular flexibility index (Phi) is 9.45. The van der Waals surface area contributed by atoms with E-state index in [0.717, 1.165) is 11.1 Å². The fourth-order valence-corrected chi connectivity index (χ4v) is 3.23. The molecule has 0 spiro atoms. The molecule has 8 heteroatoms. The summed E-state index contributed by atoms with van der Waals surface area (Å²) in [5, 5.41) is 23.6. The minimum Gasteiger partial charge on any atom is -0.465 e. The molecule has 0 saturated carbocycles. The van der Waals surface area contributed by atoms with Crippen molar-refractivity contribution in [2.45, 2.75) is 45.0 Å². The van der Waals surface area contributed by atoms with E-state index in [-0.39, 0.29) is 12.5 Å². The van der Waals surface area contributed by atoms with Crippen LogP contribution in [-0.2, 0) is 17.8 Å². The zero-order chi connectivity index (χ0) is 22.8. The van der Waals surface area contributed by atoms with Gasteiger partial charge in [0.1, 0.15) is 6.04 Å². The van der Waals surface area contributed by atoms with E-state index in [4.69, 9.17) is 10.8 Å². The van der Waals surface area contributed by atoms with Gasteiger partial charge < -0.3 is 21.3 Å². The average Bonchev–Trinajstić information content (AvgIpc) is 2.73. The van der Waals surface area contributed by atoms with Gasteiger partial charge in [0.05, 0.1) is 6.10 Å². The van der Waals surface area contributed by atoms with Gasteiger partial charge in [-0.2, -0.15) is 0 Å². The fourth-order valence-electron chi connectivity index (χ4n) is 3.23. The van der Waals surface area contributed by atoms with E-state index in [1.165, 1.54) is 0 Å². The van der Waals surface area contributed by atoms with Crippen molar-refractivity contribution in [3.63, 3.8) is 0 Å².